The van der Waals surface area contributed by atoms with E-state index in [1.807, 2.05) is 60.7 Å². The molecule has 0 unspecified atom stereocenters. The van der Waals surface area contributed by atoms with Gasteiger partial charge in [0.2, 0.25) is 11.8 Å². The number of hydrogen-bond acceptors (Lipinski definition) is 6. The Labute approximate surface area is 215 Å². The van der Waals surface area contributed by atoms with Gasteiger partial charge in [0.05, 0.1) is 12.6 Å². The number of fused-ring (bicyclic) bond motifs is 2. The molecule has 1 aromatic heterocycles. The number of aryl methyl sites for hydroxylation is 1. The number of anilines is 1. The van der Waals surface area contributed by atoms with E-state index in [-0.39, 0.29) is 30.3 Å². The van der Waals surface area contributed by atoms with Gasteiger partial charge in [0.1, 0.15) is 6.04 Å². The van der Waals surface area contributed by atoms with E-state index < -0.39 is 6.04 Å². The van der Waals surface area contributed by atoms with Crippen LogP contribution < -0.4 is 15.5 Å². The molecule has 2 amide bonds. The SMILES string of the molecule is CN[C@@H](C)C(=O)N[C@H]1CCc2ccccc2N(Cc2cccc3c(-c4nnn[nH]4)cccc23)C1=O.Cl. The molecule has 9 nitrogen and oxygen atoms in total. The van der Waals surface area contributed by atoms with Gasteiger partial charge in [0.15, 0.2) is 5.82 Å². The zero-order valence-electron chi connectivity index (χ0n) is 20.1. The number of halogens is 1. The third kappa shape index (κ3) is 4.80. The molecule has 0 saturated heterocycles. The van der Waals surface area contributed by atoms with Gasteiger partial charge in [-0.1, -0.05) is 54.6 Å². The molecule has 3 aromatic carbocycles. The van der Waals surface area contributed by atoms with Crippen molar-refractivity contribution < 1.29 is 9.59 Å². The molecule has 1 aliphatic rings. The number of nitrogens with zero attached hydrogens (tertiary/aromatic N) is 4. The maximum Gasteiger partial charge on any atom is 0.249 e. The second kappa shape index (κ2) is 10.8. The fourth-order valence-corrected chi connectivity index (χ4v) is 4.60. The average molecular weight is 506 g/mol. The highest BCUT2D eigenvalue weighted by atomic mass is 35.5. The Bertz CT molecular complexity index is 1380. The number of aromatic nitrogens is 4. The molecule has 0 saturated carbocycles. The highest BCUT2D eigenvalue weighted by Crippen LogP contribution is 2.32. The van der Waals surface area contributed by atoms with Gasteiger partial charge in [-0.05, 0) is 65.2 Å². The van der Waals surface area contributed by atoms with Crippen LogP contribution in [0.5, 0.6) is 0 Å². The minimum atomic E-state index is -0.600. The Morgan fingerprint density at radius 2 is 1.89 bits per heavy atom. The molecule has 36 heavy (non-hydrogen) atoms. The molecule has 186 valence electrons. The summed E-state index contributed by atoms with van der Waals surface area (Å²) in [5, 5.41) is 22.2. The summed E-state index contributed by atoms with van der Waals surface area (Å²) in [6.45, 7) is 2.15. The fourth-order valence-electron chi connectivity index (χ4n) is 4.60. The van der Waals surface area contributed by atoms with Crippen LogP contribution in [0.3, 0.4) is 0 Å². The van der Waals surface area contributed by atoms with Crippen molar-refractivity contribution in [2.45, 2.75) is 38.4 Å². The van der Waals surface area contributed by atoms with Gasteiger partial charge in [0.25, 0.3) is 0 Å². The molecule has 1 aliphatic heterocycles. The number of aromatic amines is 1. The number of amides is 2. The predicted octanol–water partition coefficient (Wildman–Crippen LogP) is 3.01. The first-order valence-corrected chi connectivity index (χ1v) is 11.7. The second-order valence-electron chi connectivity index (χ2n) is 8.73. The van der Waals surface area contributed by atoms with Crippen molar-refractivity contribution in [3.05, 3.63) is 71.8 Å². The number of carbonyl (C=O) groups excluding carboxylic acids is 2. The van der Waals surface area contributed by atoms with Crippen molar-refractivity contribution in [2.24, 2.45) is 0 Å². The third-order valence-electron chi connectivity index (χ3n) is 6.63. The Kier molecular flexibility index (Phi) is 7.61. The van der Waals surface area contributed by atoms with Crippen molar-refractivity contribution in [2.75, 3.05) is 11.9 Å². The Balaban J connectivity index is 0.00000304. The van der Waals surface area contributed by atoms with Crippen LogP contribution in [-0.4, -0.2) is 51.6 Å². The number of hydrogen-bond donors (Lipinski definition) is 3. The molecule has 0 bridgehead atoms. The lowest BCUT2D eigenvalue weighted by Crippen LogP contribution is -2.52. The summed E-state index contributed by atoms with van der Waals surface area (Å²) in [4.78, 5) is 28.2. The molecule has 4 aromatic rings. The Hall–Kier alpha value is -3.82. The van der Waals surface area contributed by atoms with E-state index in [2.05, 4.69) is 31.3 Å². The summed E-state index contributed by atoms with van der Waals surface area (Å²) in [6, 6.07) is 19.0. The summed E-state index contributed by atoms with van der Waals surface area (Å²) in [7, 11) is 1.73. The van der Waals surface area contributed by atoms with Crippen LogP contribution in [0.2, 0.25) is 0 Å². The molecule has 0 spiro atoms. The number of nitrogens with one attached hydrogen (secondary N) is 3. The van der Waals surface area contributed by atoms with E-state index >= 15 is 0 Å². The number of para-hydroxylation sites is 1. The summed E-state index contributed by atoms with van der Waals surface area (Å²) in [5.41, 5.74) is 3.86. The number of likely N-dealkylation sites (N-methyl/N-ethyl adjacent to an activating group) is 1. The Morgan fingerprint density at radius 3 is 2.67 bits per heavy atom. The van der Waals surface area contributed by atoms with E-state index in [4.69, 9.17) is 0 Å². The lowest BCUT2D eigenvalue weighted by atomic mass is 9.99. The molecule has 10 heteroatoms. The molecular weight excluding hydrogens is 478 g/mol. The molecule has 0 aliphatic carbocycles. The summed E-state index contributed by atoms with van der Waals surface area (Å²) in [6.07, 6.45) is 1.25. The van der Waals surface area contributed by atoms with Crippen LogP contribution in [0.25, 0.3) is 22.2 Å². The fraction of sp³-hybridized carbons (Fsp3) is 0.269. The van der Waals surface area contributed by atoms with E-state index in [0.717, 1.165) is 33.2 Å². The van der Waals surface area contributed by atoms with Gasteiger partial charge >= 0.3 is 0 Å². The lowest BCUT2D eigenvalue weighted by molar-refractivity contribution is -0.128. The first-order chi connectivity index (χ1) is 17.1. The van der Waals surface area contributed by atoms with Gasteiger partial charge < -0.3 is 15.5 Å². The largest absolute Gasteiger partial charge is 0.343 e. The number of carbonyl (C=O) groups is 2. The molecule has 5 rings (SSSR count). The predicted molar refractivity (Wildman–Crippen MR) is 141 cm³/mol. The first kappa shape index (κ1) is 25.3. The highest BCUT2D eigenvalue weighted by molar-refractivity contribution is 6.02. The second-order valence-corrected chi connectivity index (χ2v) is 8.73. The average Bonchev–Trinajstić information content (AvgIpc) is 3.39. The van der Waals surface area contributed by atoms with Crippen LogP contribution in [0, 0.1) is 0 Å². The normalized spacial score (nSPS) is 16.1. The van der Waals surface area contributed by atoms with E-state index in [9.17, 15) is 9.59 Å². The van der Waals surface area contributed by atoms with Gasteiger partial charge in [-0.25, -0.2) is 5.10 Å². The summed E-state index contributed by atoms with van der Waals surface area (Å²) in [5.74, 6) is 0.289. The standard InChI is InChI=1S/C26H27N7O2.ClH/c1-16(27-2)25(34)28-22-14-13-17-7-3-4-12-23(17)33(26(22)35)15-18-8-5-10-20-19(18)9-6-11-21(20)24-29-31-32-30-24;/h3-12,16,22,27H,13-15H2,1-2H3,(H,28,34)(H,29,30,31,32);1H/t16-,22-;/m0./s1. The van der Waals surface area contributed by atoms with E-state index in [0.29, 0.717) is 25.2 Å². The van der Waals surface area contributed by atoms with Crippen LogP contribution in [0.1, 0.15) is 24.5 Å². The topological polar surface area (TPSA) is 116 Å². The van der Waals surface area contributed by atoms with E-state index in [1.54, 1.807) is 18.9 Å². The number of benzene rings is 3. The van der Waals surface area contributed by atoms with Crippen molar-refractivity contribution in [1.82, 2.24) is 31.3 Å². The van der Waals surface area contributed by atoms with Crippen molar-refractivity contribution in [1.29, 1.82) is 0 Å². The van der Waals surface area contributed by atoms with Crippen LogP contribution in [-0.2, 0) is 22.6 Å². The number of H-pyrrole nitrogens is 1. The molecular formula is C26H28ClN7O2. The maximum atomic E-state index is 13.8. The zero-order chi connectivity index (χ0) is 24.4. The van der Waals surface area contributed by atoms with Crippen molar-refractivity contribution >= 4 is 40.7 Å². The highest BCUT2D eigenvalue weighted by Gasteiger charge is 2.32. The lowest BCUT2D eigenvalue weighted by Gasteiger charge is -2.27. The maximum absolute atomic E-state index is 13.8. The van der Waals surface area contributed by atoms with Crippen molar-refractivity contribution in [3.63, 3.8) is 0 Å². The number of rotatable bonds is 6. The molecule has 2 heterocycles. The van der Waals surface area contributed by atoms with Crippen LogP contribution in [0.15, 0.2) is 60.7 Å². The van der Waals surface area contributed by atoms with Gasteiger partial charge in [-0.15, -0.1) is 17.5 Å². The zero-order valence-corrected chi connectivity index (χ0v) is 20.9. The summed E-state index contributed by atoms with van der Waals surface area (Å²) < 4.78 is 0. The van der Waals surface area contributed by atoms with Crippen molar-refractivity contribution in [3.8, 4) is 11.4 Å². The van der Waals surface area contributed by atoms with Gasteiger partial charge in [0, 0.05) is 11.3 Å². The summed E-state index contributed by atoms with van der Waals surface area (Å²) >= 11 is 0. The third-order valence-corrected chi connectivity index (χ3v) is 6.63. The number of tetrazole rings is 1. The smallest absolute Gasteiger partial charge is 0.249 e. The molecule has 3 N–H and O–H groups in total. The monoisotopic (exact) mass is 505 g/mol. The molecule has 2 atom stereocenters. The Morgan fingerprint density at radius 1 is 1.11 bits per heavy atom. The quantitative estimate of drug-likeness (QED) is 0.371. The van der Waals surface area contributed by atoms with Gasteiger partial charge in [-0.2, -0.15) is 0 Å². The molecule has 0 radical (unpaired) electrons. The van der Waals surface area contributed by atoms with Crippen LogP contribution >= 0.6 is 12.4 Å². The van der Waals surface area contributed by atoms with Gasteiger partial charge in [-0.3, -0.25) is 9.59 Å². The first-order valence-electron chi connectivity index (χ1n) is 11.7. The van der Waals surface area contributed by atoms with E-state index in [1.165, 1.54) is 0 Å². The van der Waals surface area contributed by atoms with Crippen LogP contribution in [0.4, 0.5) is 5.69 Å². The minimum absolute atomic E-state index is 0. The minimum Gasteiger partial charge on any atom is -0.343 e. The molecule has 0 fully saturated rings.